The third kappa shape index (κ3) is 16.4. The number of benzene rings is 8. The molecule has 0 atom stereocenters. The molecule has 0 bridgehead atoms. The predicted octanol–water partition coefficient (Wildman–Crippen LogP) is 21.2. The summed E-state index contributed by atoms with van der Waals surface area (Å²) in [7, 11) is 0. The molecule has 0 amide bonds. The molecule has 10 aromatic rings. The van der Waals surface area contributed by atoms with Gasteiger partial charge in [-0.25, -0.2) is 20.0 Å². The molecule has 2 aromatic heterocycles. The van der Waals surface area contributed by atoms with E-state index in [1.165, 1.54) is 12.2 Å². The highest BCUT2D eigenvalue weighted by Gasteiger charge is 2.39. The number of rotatable bonds is 17. The van der Waals surface area contributed by atoms with Gasteiger partial charge in [0.15, 0.2) is 0 Å². The van der Waals surface area contributed by atoms with Crippen molar-refractivity contribution in [2.75, 3.05) is 34.5 Å². The van der Waals surface area contributed by atoms with E-state index in [1.807, 2.05) is 218 Å². The van der Waals surface area contributed by atoms with Gasteiger partial charge in [0, 0.05) is 80.0 Å². The van der Waals surface area contributed by atoms with Crippen molar-refractivity contribution in [1.29, 1.82) is 0 Å². The second kappa shape index (κ2) is 29.3. The fourth-order valence-electron chi connectivity index (χ4n) is 12.1. The van der Waals surface area contributed by atoms with Crippen molar-refractivity contribution >= 4 is 68.4 Å². The van der Waals surface area contributed by atoms with Gasteiger partial charge in [-0.2, -0.15) is 52.7 Å². The quantitative estimate of drug-likeness (QED) is 0.0395. The lowest BCUT2D eigenvalue weighted by atomic mass is 10.0. The maximum Gasteiger partial charge on any atom is 0.416 e. The molecule has 14 rings (SSSR count). The van der Waals surface area contributed by atoms with E-state index in [2.05, 4.69) is 41.2 Å². The van der Waals surface area contributed by atoms with Crippen molar-refractivity contribution in [3.63, 3.8) is 0 Å². The topological polar surface area (TPSA) is 148 Å². The molecule has 106 heavy (non-hydrogen) atoms. The number of nitrogens with zero attached hydrogens (tertiary/aromatic N) is 4. The Morgan fingerprint density at radius 2 is 0.528 bits per heavy atom. The van der Waals surface area contributed by atoms with Gasteiger partial charge in [0.05, 0.1) is 45.0 Å². The van der Waals surface area contributed by atoms with Crippen LogP contribution in [0.1, 0.15) is 67.3 Å². The number of halogens is 12. The van der Waals surface area contributed by atoms with Gasteiger partial charge < -0.3 is 40.7 Å². The van der Waals surface area contributed by atoms with Crippen LogP contribution in [-0.4, -0.2) is 46.5 Å². The molecule has 12 nitrogen and oxygen atoms in total. The molecule has 4 aliphatic heterocycles. The van der Waals surface area contributed by atoms with Crippen molar-refractivity contribution in [3.8, 4) is 11.5 Å². The van der Waals surface area contributed by atoms with Crippen molar-refractivity contribution in [2.45, 2.75) is 24.7 Å². The lowest BCUT2D eigenvalue weighted by Crippen LogP contribution is -2.14. The van der Waals surface area contributed by atoms with Gasteiger partial charge in [-0.15, -0.1) is 0 Å². The SMILES string of the molecule is FC(F)(F)c1cc(NC2=NC(=C(c3ccccc3)c3ccc(C(=C4C=CC(Nc5cccc(OCCOc6cccc(NC7=NC(=C(c8ccccc8)c8ccc(C(=C9C=CC(Nc%10cc(C(F)(F)F)cc(C(F)(F)F)c%10)=N9)c9ccccc9)[nH]8)C=C7)c6)c5)=N4)c4ccccc4)[nH]3)C=C2)cc(C(F)(F)F)c1. The van der Waals surface area contributed by atoms with E-state index in [9.17, 15) is 52.7 Å². The van der Waals surface area contributed by atoms with Crippen molar-refractivity contribution in [2.24, 2.45) is 20.0 Å². The number of nitrogens with one attached hydrogen (secondary N) is 6. The van der Waals surface area contributed by atoms with E-state index in [1.54, 1.807) is 12.2 Å². The lowest BCUT2D eigenvalue weighted by Gasteiger charge is -2.15. The number of aromatic amines is 2. The van der Waals surface area contributed by atoms with Crippen LogP contribution in [0.4, 0.5) is 75.4 Å². The molecular formula is C82H56F12N10O2. The number of allylic oxidation sites excluding steroid dienone is 4. The van der Waals surface area contributed by atoms with E-state index < -0.39 is 58.3 Å². The minimum Gasteiger partial charge on any atom is -0.490 e. The highest BCUT2D eigenvalue weighted by molar-refractivity contribution is 6.11. The highest BCUT2D eigenvalue weighted by Crippen LogP contribution is 2.42. The number of alkyl halides is 12. The summed E-state index contributed by atoms with van der Waals surface area (Å²) >= 11 is 0. The Morgan fingerprint density at radius 3 is 0.783 bits per heavy atom. The Bertz CT molecular complexity index is 5000. The van der Waals surface area contributed by atoms with Gasteiger partial charge in [-0.3, -0.25) is 0 Å². The number of amidine groups is 4. The smallest absolute Gasteiger partial charge is 0.416 e. The first kappa shape index (κ1) is 69.9. The maximum absolute atomic E-state index is 13.8. The monoisotopic (exact) mass is 1440 g/mol. The molecule has 6 heterocycles. The van der Waals surface area contributed by atoms with E-state index in [-0.39, 0.29) is 37.0 Å². The zero-order chi connectivity index (χ0) is 73.7. The number of aliphatic imine (C=N–C) groups is 4. The zero-order valence-corrected chi connectivity index (χ0v) is 55.1. The molecular weight excluding hydrogens is 1380 g/mol. The van der Waals surface area contributed by atoms with Crippen LogP contribution in [0.25, 0.3) is 22.3 Å². The fourth-order valence-corrected chi connectivity index (χ4v) is 12.1. The van der Waals surface area contributed by atoms with E-state index in [0.29, 0.717) is 116 Å². The largest absolute Gasteiger partial charge is 0.490 e. The molecule has 0 fully saturated rings. The van der Waals surface area contributed by atoms with Crippen LogP contribution < -0.4 is 30.7 Å². The first-order valence-corrected chi connectivity index (χ1v) is 32.8. The Labute approximate surface area is 597 Å². The third-order valence-corrected chi connectivity index (χ3v) is 16.8. The average Bonchev–Trinajstić information content (AvgIpc) is 1.54. The van der Waals surface area contributed by atoms with E-state index >= 15 is 0 Å². The number of anilines is 4. The van der Waals surface area contributed by atoms with Crippen LogP contribution in [0.2, 0.25) is 0 Å². The predicted molar refractivity (Wildman–Crippen MR) is 389 cm³/mol. The Hall–Kier alpha value is -13.1. The van der Waals surface area contributed by atoms with Crippen molar-refractivity contribution in [3.05, 3.63) is 369 Å². The van der Waals surface area contributed by atoms with Gasteiger partial charge in [0.2, 0.25) is 0 Å². The Kier molecular flexibility index (Phi) is 19.3. The van der Waals surface area contributed by atoms with Gasteiger partial charge in [-0.05, 0) is 156 Å². The van der Waals surface area contributed by atoms with Gasteiger partial charge >= 0.3 is 24.7 Å². The summed E-state index contributed by atoms with van der Waals surface area (Å²) < 4.78 is 177. The van der Waals surface area contributed by atoms with E-state index in [0.717, 1.165) is 33.4 Å². The summed E-state index contributed by atoms with van der Waals surface area (Å²) in [6.07, 6.45) is -6.43. The highest BCUT2D eigenvalue weighted by atomic mass is 19.4. The molecule has 0 aliphatic carbocycles. The van der Waals surface area contributed by atoms with Gasteiger partial charge in [0.25, 0.3) is 0 Å². The summed E-state index contributed by atoms with van der Waals surface area (Å²) in [6.45, 7) is 0.388. The fraction of sp³-hybridized carbons (Fsp3) is 0.0732. The molecule has 4 aliphatic rings. The van der Waals surface area contributed by atoms with Crippen LogP contribution in [0, 0.1) is 0 Å². The van der Waals surface area contributed by atoms with Gasteiger partial charge in [-0.1, -0.05) is 133 Å². The second-order valence-corrected chi connectivity index (χ2v) is 24.2. The van der Waals surface area contributed by atoms with Crippen molar-refractivity contribution < 1.29 is 62.2 Å². The normalized spacial score (nSPS) is 16.2. The molecule has 0 radical (unpaired) electrons. The molecule has 0 spiro atoms. The third-order valence-electron chi connectivity index (χ3n) is 16.8. The number of ether oxygens (including phenoxy) is 2. The summed E-state index contributed by atoms with van der Waals surface area (Å²) in [5.41, 5.74) is 5.20. The summed E-state index contributed by atoms with van der Waals surface area (Å²) in [5.74, 6) is 2.27. The van der Waals surface area contributed by atoms with Gasteiger partial charge in [0.1, 0.15) is 48.1 Å². The molecule has 0 unspecified atom stereocenters. The first-order chi connectivity index (χ1) is 51.0. The number of hydrogen-bond acceptors (Lipinski definition) is 10. The summed E-state index contributed by atoms with van der Waals surface area (Å²) in [5, 5.41) is 12.1. The minimum absolute atomic E-state index is 0.0287. The van der Waals surface area contributed by atoms with Crippen LogP contribution in [0.3, 0.4) is 0 Å². The van der Waals surface area contributed by atoms with E-state index in [4.69, 9.17) is 19.5 Å². The average molecular weight is 1440 g/mol. The summed E-state index contributed by atoms with van der Waals surface area (Å²) in [6, 6.07) is 62.6. The first-order valence-electron chi connectivity index (χ1n) is 32.8. The molecule has 530 valence electrons. The standard InChI is InChI=1S/C82H56F12N10O2/c83-79(84,85)53-41-54(80(86,87)88)44-59(43-53)97-73-37-33-69(103-73)77(51-19-9-3-10-20-51)65-29-27-63(99-65)75(49-15-5-1-6-16-49)67-31-35-71(101-67)95-57-23-13-25-61(47-57)105-39-40-106-62-26-14-24-58(48-62)96-72-36-32-68(102-72)76(50-17-7-2-8-18-50)64-28-30-66(100-64)78(52-21-11-4-12-22-52)70-34-38-74(104-70)98-60-45-55(81(89,90)91)42-56(46-60)82(92,93)94/h1-38,41-48,99-100H,39-40H2,(H,95,101)(H,96,102)(H,97,103)(H,98,104). The molecule has 6 N–H and O–H groups in total. The minimum atomic E-state index is -5.03. The number of aromatic nitrogens is 2. The Balaban J connectivity index is 0.640. The molecule has 8 aromatic carbocycles. The van der Waals surface area contributed by atoms with Crippen LogP contribution in [-0.2, 0) is 24.7 Å². The molecule has 24 heteroatoms. The number of H-pyrrole nitrogens is 2. The van der Waals surface area contributed by atoms with Crippen LogP contribution in [0.5, 0.6) is 11.5 Å². The second-order valence-electron chi connectivity index (χ2n) is 24.2. The zero-order valence-electron chi connectivity index (χ0n) is 55.1. The van der Waals surface area contributed by atoms with Crippen molar-refractivity contribution in [1.82, 2.24) is 9.97 Å². The lowest BCUT2D eigenvalue weighted by molar-refractivity contribution is -0.144. The molecule has 0 saturated heterocycles. The van der Waals surface area contributed by atoms with Crippen LogP contribution >= 0.6 is 0 Å². The maximum atomic E-state index is 13.8. The summed E-state index contributed by atoms with van der Waals surface area (Å²) in [4.78, 5) is 26.4. The Morgan fingerprint density at radius 1 is 0.274 bits per heavy atom. The number of hydrogen-bond donors (Lipinski definition) is 6. The molecule has 0 saturated carbocycles. The van der Waals surface area contributed by atoms with Crippen LogP contribution in [0.15, 0.2) is 322 Å².